The molecule has 1 heterocycles. The number of anilines is 1. The van der Waals surface area contributed by atoms with Gasteiger partial charge in [0.1, 0.15) is 0 Å². The van der Waals surface area contributed by atoms with Gasteiger partial charge in [-0.2, -0.15) is 10.2 Å². The molecule has 0 fully saturated rings. The lowest BCUT2D eigenvalue weighted by Crippen LogP contribution is -2.25. The van der Waals surface area contributed by atoms with E-state index in [1.807, 2.05) is 45.3 Å². The van der Waals surface area contributed by atoms with Crippen molar-refractivity contribution in [3.63, 3.8) is 0 Å². The molecule has 2 aromatic rings. The van der Waals surface area contributed by atoms with E-state index in [2.05, 4.69) is 43.5 Å². The second-order valence-electron chi connectivity index (χ2n) is 4.95. The minimum absolute atomic E-state index is 0.170. The molecule has 1 amide bonds. The first-order valence-corrected chi connectivity index (χ1v) is 7.86. The molecule has 1 aromatic carbocycles. The van der Waals surface area contributed by atoms with E-state index >= 15 is 0 Å². The van der Waals surface area contributed by atoms with Crippen molar-refractivity contribution in [1.82, 2.24) is 15.2 Å². The number of aromatic nitrogens is 2. The van der Waals surface area contributed by atoms with Crippen molar-refractivity contribution in [2.24, 2.45) is 12.1 Å². The Kier molecular flexibility index (Phi) is 5.53. The van der Waals surface area contributed by atoms with Crippen molar-refractivity contribution < 1.29 is 4.79 Å². The highest BCUT2D eigenvalue weighted by Gasteiger charge is 2.02. The van der Waals surface area contributed by atoms with Crippen LogP contribution in [0.3, 0.4) is 0 Å². The topological polar surface area (TPSA) is 71.3 Å². The SMILES string of the molecule is Cc1cc(NCC(=O)NN=Cc2cn(C)nc2C)ccc1I. The van der Waals surface area contributed by atoms with Gasteiger partial charge in [-0.15, -0.1) is 0 Å². The number of nitrogens with zero attached hydrogens (tertiary/aromatic N) is 3. The standard InChI is InChI=1S/C15H18IN5O/c1-10-6-13(4-5-14(10)16)17-8-15(22)19-18-7-12-9-21(3)20-11(12)2/h4-7,9,17H,8H2,1-3H3,(H,19,22). The zero-order chi connectivity index (χ0) is 16.1. The van der Waals surface area contributed by atoms with E-state index in [0.29, 0.717) is 0 Å². The first-order chi connectivity index (χ1) is 10.5. The van der Waals surface area contributed by atoms with Gasteiger partial charge in [-0.3, -0.25) is 9.48 Å². The smallest absolute Gasteiger partial charge is 0.259 e. The number of carbonyl (C=O) groups excluding carboxylic acids is 1. The number of nitrogens with one attached hydrogen (secondary N) is 2. The lowest BCUT2D eigenvalue weighted by molar-refractivity contribution is -0.119. The maximum absolute atomic E-state index is 11.7. The van der Waals surface area contributed by atoms with Crippen LogP contribution < -0.4 is 10.7 Å². The van der Waals surface area contributed by atoms with E-state index in [4.69, 9.17) is 0 Å². The number of benzene rings is 1. The molecule has 0 saturated carbocycles. The number of halogens is 1. The van der Waals surface area contributed by atoms with Crippen LogP contribution in [-0.2, 0) is 11.8 Å². The number of hydrazone groups is 1. The molecule has 0 aliphatic carbocycles. The predicted octanol–water partition coefficient (Wildman–Crippen LogP) is 2.20. The summed E-state index contributed by atoms with van der Waals surface area (Å²) in [5.41, 5.74) is 6.33. The first kappa shape index (κ1) is 16.5. The molecule has 0 aliphatic heterocycles. The molecule has 0 aliphatic rings. The Morgan fingerprint density at radius 1 is 1.45 bits per heavy atom. The Hall–Kier alpha value is -1.90. The van der Waals surface area contributed by atoms with E-state index in [1.165, 1.54) is 9.13 Å². The summed E-state index contributed by atoms with van der Waals surface area (Å²) in [6.07, 6.45) is 3.44. The lowest BCUT2D eigenvalue weighted by Gasteiger charge is -2.07. The molecular weight excluding hydrogens is 393 g/mol. The summed E-state index contributed by atoms with van der Waals surface area (Å²) < 4.78 is 2.91. The van der Waals surface area contributed by atoms with Gasteiger partial charge in [-0.1, -0.05) is 0 Å². The third-order valence-electron chi connectivity index (χ3n) is 3.06. The van der Waals surface area contributed by atoms with Gasteiger partial charge in [0.05, 0.1) is 18.5 Å². The number of amides is 1. The number of hydrogen-bond acceptors (Lipinski definition) is 4. The van der Waals surface area contributed by atoms with E-state index < -0.39 is 0 Å². The fourth-order valence-corrected chi connectivity index (χ4v) is 2.23. The van der Waals surface area contributed by atoms with Crippen LogP contribution in [0, 0.1) is 17.4 Å². The zero-order valence-electron chi connectivity index (χ0n) is 12.7. The fraction of sp³-hybridized carbons (Fsp3) is 0.267. The third kappa shape index (κ3) is 4.55. The summed E-state index contributed by atoms with van der Waals surface area (Å²) in [4.78, 5) is 11.7. The molecule has 2 rings (SSSR count). The Morgan fingerprint density at radius 2 is 2.23 bits per heavy atom. The van der Waals surface area contributed by atoms with Crippen molar-refractivity contribution in [2.45, 2.75) is 13.8 Å². The molecule has 22 heavy (non-hydrogen) atoms. The van der Waals surface area contributed by atoms with Gasteiger partial charge < -0.3 is 5.32 Å². The second kappa shape index (κ2) is 7.39. The summed E-state index contributed by atoms with van der Waals surface area (Å²) in [6.45, 7) is 4.10. The highest BCUT2D eigenvalue weighted by atomic mass is 127. The summed E-state index contributed by atoms with van der Waals surface area (Å²) >= 11 is 2.28. The molecule has 6 nitrogen and oxygen atoms in total. The summed E-state index contributed by atoms with van der Waals surface area (Å²) in [6, 6.07) is 5.97. The van der Waals surface area contributed by atoms with Crippen LogP contribution in [-0.4, -0.2) is 28.4 Å². The average Bonchev–Trinajstić information content (AvgIpc) is 2.78. The van der Waals surface area contributed by atoms with Crippen LogP contribution in [0.2, 0.25) is 0 Å². The highest BCUT2D eigenvalue weighted by molar-refractivity contribution is 14.1. The zero-order valence-corrected chi connectivity index (χ0v) is 14.9. The van der Waals surface area contributed by atoms with Crippen molar-refractivity contribution in [1.29, 1.82) is 0 Å². The molecule has 0 spiro atoms. The molecular formula is C15H18IN5O. The summed E-state index contributed by atoms with van der Waals surface area (Å²) in [7, 11) is 1.84. The maximum Gasteiger partial charge on any atom is 0.259 e. The van der Waals surface area contributed by atoms with Crippen molar-refractivity contribution in [3.05, 3.63) is 44.8 Å². The van der Waals surface area contributed by atoms with Crippen LogP contribution >= 0.6 is 22.6 Å². The summed E-state index contributed by atoms with van der Waals surface area (Å²) in [5, 5.41) is 11.2. The van der Waals surface area contributed by atoms with E-state index in [1.54, 1.807) is 10.9 Å². The first-order valence-electron chi connectivity index (χ1n) is 6.78. The van der Waals surface area contributed by atoms with Gasteiger partial charge >= 0.3 is 0 Å². The largest absolute Gasteiger partial charge is 0.376 e. The third-order valence-corrected chi connectivity index (χ3v) is 4.27. The van der Waals surface area contributed by atoms with E-state index in [9.17, 15) is 4.79 Å². The molecule has 7 heteroatoms. The fourth-order valence-electron chi connectivity index (χ4n) is 1.89. The van der Waals surface area contributed by atoms with Gasteiger partial charge in [0.15, 0.2) is 0 Å². The van der Waals surface area contributed by atoms with E-state index in [0.717, 1.165) is 16.9 Å². The van der Waals surface area contributed by atoms with Gasteiger partial charge in [0.2, 0.25) is 0 Å². The van der Waals surface area contributed by atoms with Gasteiger partial charge in [0.25, 0.3) is 5.91 Å². The summed E-state index contributed by atoms with van der Waals surface area (Å²) in [5.74, 6) is -0.200. The molecule has 1 aromatic heterocycles. The minimum atomic E-state index is -0.200. The maximum atomic E-state index is 11.7. The molecule has 0 unspecified atom stereocenters. The van der Waals surface area contributed by atoms with Gasteiger partial charge in [-0.05, 0) is 60.2 Å². The number of rotatable bonds is 5. The van der Waals surface area contributed by atoms with Gasteiger partial charge in [0, 0.05) is 28.1 Å². The van der Waals surface area contributed by atoms with Crippen LogP contribution in [0.1, 0.15) is 16.8 Å². The molecule has 2 N–H and O–H groups in total. The Bertz CT molecular complexity index is 708. The van der Waals surface area contributed by atoms with Crippen LogP contribution in [0.15, 0.2) is 29.5 Å². The lowest BCUT2D eigenvalue weighted by atomic mass is 10.2. The minimum Gasteiger partial charge on any atom is -0.376 e. The quantitative estimate of drug-likeness (QED) is 0.450. The van der Waals surface area contributed by atoms with Crippen LogP contribution in [0.5, 0.6) is 0 Å². The molecule has 0 atom stereocenters. The predicted molar refractivity (Wildman–Crippen MR) is 96.1 cm³/mol. The molecule has 116 valence electrons. The van der Waals surface area contributed by atoms with Crippen LogP contribution in [0.25, 0.3) is 0 Å². The molecule has 0 radical (unpaired) electrons. The number of hydrogen-bond donors (Lipinski definition) is 2. The monoisotopic (exact) mass is 411 g/mol. The number of aryl methyl sites for hydroxylation is 3. The Labute approximate surface area is 143 Å². The Morgan fingerprint density at radius 3 is 2.86 bits per heavy atom. The van der Waals surface area contributed by atoms with Gasteiger partial charge in [-0.25, -0.2) is 5.43 Å². The normalized spacial score (nSPS) is 10.9. The van der Waals surface area contributed by atoms with Crippen molar-refractivity contribution in [2.75, 3.05) is 11.9 Å². The van der Waals surface area contributed by atoms with Crippen molar-refractivity contribution >= 4 is 40.4 Å². The Balaban J connectivity index is 1.83. The average molecular weight is 411 g/mol. The van der Waals surface area contributed by atoms with Crippen molar-refractivity contribution in [3.8, 4) is 0 Å². The second-order valence-corrected chi connectivity index (χ2v) is 6.12. The molecule has 0 saturated heterocycles. The number of carbonyl (C=O) groups is 1. The van der Waals surface area contributed by atoms with E-state index in [-0.39, 0.29) is 12.5 Å². The highest BCUT2D eigenvalue weighted by Crippen LogP contribution is 2.16. The molecule has 0 bridgehead atoms. The van der Waals surface area contributed by atoms with Crippen LogP contribution in [0.4, 0.5) is 5.69 Å².